The van der Waals surface area contributed by atoms with Crippen molar-refractivity contribution >= 4 is 5.97 Å². The third-order valence-corrected chi connectivity index (χ3v) is 2.85. The molecule has 2 rings (SSSR count). The molecule has 0 spiro atoms. The monoisotopic (exact) mass is 230 g/mol. The Labute approximate surface area is 94.7 Å². The number of carbonyl (C=O) groups is 1. The summed E-state index contributed by atoms with van der Waals surface area (Å²) in [5, 5.41) is 9.52. The van der Waals surface area contributed by atoms with Gasteiger partial charge in [0.2, 0.25) is 0 Å². The number of hydrogen-bond acceptors (Lipinski definition) is 5. The van der Waals surface area contributed by atoms with E-state index < -0.39 is 17.6 Å². The zero-order chi connectivity index (χ0) is 11.9. The van der Waals surface area contributed by atoms with E-state index in [1.165, 1.54) is 0 Å². The van der Waals surface area contributed by atoms with E-state index in [1.54, 1.807) is 20.8 Å². The van der Waals surface area contributed by atoms with Crippen molar-refractivity contribution in [2.45, 2.75) is 45.2 Å². The molecule has 0 unspecified atom stereocenters. The van der Waals surface area contributed by atoms with Crippen molar-refractivity contribution in [1.29, 1.82) is 0 Å². The quantitative estimate of drug-likeness (QED) is 0.647. The first-order chi connectivity index (χ1) is 7.39. The molecule has 92 valence electrons. The van der Waals surface area contributed by atoms with Gasteiger partial charge in [0.05, 0.1) is 18.6 Å². The molecule has 2 heterocycles. The Kier molecular flexibility index (Phi) is 2.94. The summed E-state index contributed by atoms with van der Waals surface area (Å²) in [6.45, 7) is 5.94. The fourth-order valence-corrected chi connectivity index (χ4v) is 1.86. The molecule has 2 fully saturated rings. The Morgan fingerprint density at radius 1 is 1.25 bits per heavy atom. The third kappa shape index (κ3) is 2.07. The van der Waals surface area contributed by atoms with E-state index in [4.69, 9.17) is 14.2 Å². The van der Waals surface area contributed by atoms with Crippen LogP contribution in [0.2, 0.25) is 0 Å². The predicted molar refractivity (Wildman–Crippen MR) is 54.8 cm³/mol. The van der Waals surface area contributed by atoms with E-state index in [1.807, 2.05) is 0 Å². The van der Waals surface area contributed by atoms with Crippen LogP contribution in [-0.4, -0.2) is 48.7 Å². The van der Waals surface area contributed by atoms with Gasteiger partial charge in [-0.3, -0.25) is 4.79 Å². The fraction of sp³-hybridized carbons (Fsp3) is 0.909. The molecule has 1 N–H and O–H groups in total. The van der Waals surface area contributed by atoms with Crippen LogP contribution in [0.4, 0.5) is 0 Å². The van der Waals surface area contributed by atoms with E-state index in [0.717, 1.165) is 0 Å². The van der Waals surface area contributed by atoms with Crippen molar-refractivity contribution in [3.8, 4) is 0 Å². The maximum atomic E-state index is 11.7. The normalized spacial score (nSPS) is 38.5. The highest BCUT2D eigenvalue weighted by Gasteiger charge is 2.49. The van der Waals surface area contributed by atoms with Gasteiger partial charge in [0.25, 0.3) is 0 Å². The van der Waals surface area contributed by atoms with E-state index in [-0.39, 0.29) is 24.8 Å². The molecule has 0 aromatic rings. The molecule has 0 amide bonds. The number of ether oxygens (including phenoxy) is 3. The van der Waals surface area contributed by atoms with Crippen molar-refractivity contribution in [2.24, 2.45) is 5.41 Å². The summed E-state index contributed by atoms with van der Waals surface area (Å²) in [5.74, 6) is -0.272. The van der Waals surface area contributed by atoms with Gasteiger partial charge in [0.1, 0.15) is 18.3 Å². The zero-order valence-electron chi connectivity index (χ0n) is 9.80. The molecular weight excluding hydrogens is 212 g/mol. The minimum Gasteiger partial charge on any atom is -0.457 e. The van der Waals surface area contributed by atoms with Crippen molar-refractivity contribution in [3.05, 3.63) is 0 Å². The van der Waals surface area contributed by atoms with Gasteiger partial charge in [-0.1, -0.05) is 0 Å². The molecule has 16 heavy (non-hydrogen) atoms. The topological polar surface area (TPSA) is 65.0 Å². The molecule has 0 bridgehead atoms. The summed E-state index contributed by atoms with van der Waals surface area (Å²) in [4.78, 5) is 11.7. The summed E-state index contributed by atoms with van der Waals surface area (Å²) in [6, 6.07) is 0. The standard InChI is InChI=1S/C11H18O5/c1-11(2,3)10(13)16-7-5-15-8-6(12)4-14-9(7)8/h6-9,12H,4-5H2,1-3H3/t6-,7-,8-,9+/m0/s1. The molecule has 0 aliphatic carbocycles. The van der Waals surface area contributed by atoms with Crippen LogP contribution in [0.15, 0.2) is 0 Å². The van der Waals surface area contributed by atoms with Crippen LogP contribution < -0.4 is 0 Å². The van der Waals surface area contributed by atoms with Crippen LogP contribution in [0.25, 0.3) is 0 Å². The molecule has 0 aromatic heterocycles. The first-order valence-corrected chi connectivity index (χ1v) is 5.52. The minimum absolute atomic E-state index is 0.249. The third-order valence-electron chi connectivity index (χ3n) is 2.85. The van der Waals surface area contributed by atoms with Crippen LogP contribution in [-0.2, 0) is 19.0 Å². The Bertz CT molecular complexity index is 283. The second-order valence-electron chi connectivity index (χ2n) is 5.36. The highest BCUT2D eigenvalue weighted by Crippen LogP contribution is 2.30. The Morgan fingerprint density at radius 3 is 2.50 bits per heavy atom. The van der Waals surface area contributed by atoms with E-state index in [0.29, 0.717) is 6.61 Å². The molecular formula is C11H18O5. The average molecular weight is 230 g/mol. The van der Waals surface area contributed by atoms with Crippen LogP contribution in [0.1, 0.15) is 20.8 Å². The maximum Gasteiger partial charge on any atom is 0.311 e. The smallest absolute Gasteiger partial charge is 0.311 e. The van der Waals surface area contributed by atoms with Gasteiger partial charge in [0.15, 0.2) is 6.10 Å². The number of carbonyl (C=O) groups excluding carboxylic acids is 1. The number of hydrogen-bond donors (Lipinski definition) is 1. The van der Waals surface area contributed by atoms with Gasteiger partial charge in [-0.15, -0.1) is 0 Å². The number of aliphatic hydroxyl groups excluding tert-OH is 1. The summed E-state index contributed by atoms with van der Waals surface area (Å²) < 4.78 is 16.1. The summed E-state index contributed by atoms with van der Waals surface area (Å²) >= 11 is 0. The maximum absolute atomic E-state index is 11.7. The minimum atomic E-state index is -0.608. The molecule has 2 aliphatic rings. The van der Waals surface area contributed by atoms with Crippen molar-refractivity contribution in [2.75, 3.05) is 13.2 Å². The van der Waals surface area contributed by atoms with Crippen LogP contribution in [0, 0.1) is 5.41 Å². The zero-order valence-corrected chi connectivity index (χ0v) is 9.80. The molecule has 2 aliphatic heterocycles. The van der Waals surface area contributed by atoms with Crippen LogP contribution >= 0.6 is 0 Å². The number of aliphatic hydroxyl groups is 1. The number of fused-ring (bicyclic) bond motifs is 1. The van der Waals surface area contributed by atoms with Gasteiger partial charge in [-0.25, -0.2) is 0 Å². The van der Waals surface area contributed by atoms with Gasteiger partial charge >= 0.3 is 5.97 Å². The molecule has 0 aromatic carbocycles. The largest absolute Gasteiger partial charge is 0.457 e. The van der Waals surface area contributed by atoms with Crippen LogP contribution in [0.5, 0.6) is 0 Å². The van der Waals surface area contributed by atoms with E-state index >= 15 is 0 Å². The highest BCUT2D eigenvalue weighted by atomic mass is 16.6. The Morgan fingerprint density at radius 2 is 1.88 bits per heavy atom. The van der Waals surface area contributed by atoms with Crippen LogP contribution in [0.3, 0.4) is 0 Å². The first-order valence-electron chi connectivity index (χ1n) is 5.52. The van der Waals surface area contributed by atoms with E-state index in [9.17, 15) is 9.90 Å². The van der Waals surface area contributed by atoms with Gasteiger partial charge in [-0.05, 0) is 20.8 Å². The lowest BCUT2D eigenvalue weighted by atomic mass is 9.97. The molecule has 4 atom stereocenters. The van der Waals surface area contributed by atoms with Crippen molar-refractivity contribution < 1.29 is 24.1 Å². The number of esters is 1. The molecule has 5 heteroatoms. The summed E-state index contributed by atoms with van der Waals surface area (Å²) in [6.07, 6.45) is -1.67. The second-order valence-corrected chi connectivity index (χ2v) is 5.36. The summed E-state index contributed by atoms with van der Waals surface area (Å²) in [5.41, 5.74) is -0.532. The van der Waals surface area contributed by atoms with Crippen molar-refractivity contribution in [3.63, 3.8) is 0 Å². The molecule has 5 nitrogen and oxygen atoms in total. The lowest BCUT2D eigenvalue weighted by molar-refractivity contribution is -0.163. The molecule has 2 saturated heterocycles. The Hall–Kier alpha value is -0.650. The van der Waals surface area contributed by atoms with Gasteiger partial charge < -0.3 is 19.3 Å². The second kappa shape index (κ2) is 3.98. The lowest BCUT2D eigenvalue weighted by Crippen LogP contribution is -2.37. The lowest BCUT2D eigenvalue weighted by Gasteiger charge is -2.22. The summed E-state index contributed by atoms with van der Waals surface area (Å²) in [7, 11) is 0. The molecule has 0 radical (unpaired) electrons. The highest BCUT2D eigenvalue weighted by molar-refractivity contribution is 5.75. The average Bonchev–Trinajstić information content (AvgIpc) is 2.70. The first kappa shape index (κ1) is 11.8. The SMILES string of the molecule is CC(C)(C)C(=O)O[C@H]1CO[C@@H]2[C@@H]1OC[C@@H]2O. The van der Waals surface area contributed by atoms with Crippen molar-refractivity contribution in [1.82, 2.24) is 0 Å². The molecule has 0 saturated carbocycles. The fourth-order valence-electron chi connectivity index (χ4n) is 1.86. The van der Waals surface area contributed by atoms with E-state index in [2.05, 4.69) is 0 Å². The predicted octanol–water partition coefficient (Wildman–Crippen LogP) is 0.103. The number of rotatable bonds is 1. The van der Waals surface area contributed by atoms with Gasteiger partial charge in [-0.2, -0.15) is 0 Å². The Balaban J connectivity index is 1.95. The van der Waals surface area contributed by atoms with Gasteiger partial charge in [0, 0.05) is 0 Å².